The predicted octanol–water partition coefficient (Wildman–Crippen LogP) is 3.55. The first-order valence-electron chi connectivity index (χ1n) is 9.39. The van der Waals surface area contributed by atoms with Crippen molar-refractivity contribution in [1.29, 1.82) is 5.41 Å². The molecule has 0 atom stereocenters. The average molecular weight is 376 g/mol. The number of hydrogen-bond donors (Lipinski definition) is 2. The number of hydrogen-bond acceptors (Lipinski definition) is 5. The summed E-state index contributed by atoms with van der Waals surface area (Å²) in [4.78, 5) is 10.1. The quantitative estimate of drug-likeness (QED) is 0.690. The molecule has 0 saturated carbocycles. The molecular formula is C21H24N6O. The Morgan fingerprint density at radius 3 is 2.93 bits per heavy atom. The summed E-state index contributed by atoms with van der Waals surface area (Å²) in [6.07, 6.45) is 6.59. The van der Waals surface area contributed by atoms with Gasteiger partial charge in [0.25, 0.3) is 5.88 Å². The van der Waals surface area contributed by atoms with Gasteiger partial charge in [0.1, 0.15) is 6.61 Å². The lowest BCUT2D eigenvalue weighted by molar-refractivity contribution is 0.254. The fourth-order valence-electron chi connectivity index (χ4n) is 3.27. The topological polar surface area (TPSA) is 81.8 Å². The molecule has 0 saturated heterocycles. The second-order valence-corrected chi connectivity index (χ2v) is 7.00. The standard InChI is InChI=1S/C21H24N6O/c1-4-14-13-16(18(22)15-8-9-23-19(14)15)24-20-17-7-5-6-10-27(17)25-21(20)28-12-11-26(2)3/h5-10,13,22-23H,4,11-12H2,1-3H3/b22-18?,24-16+. The molecule has 0 radical (unpaired) electrons. The highest BCUT2D eigenvalue weighted by atomic mass is 16.5. The number of ether oxygens (including phenoxy) is 1. The van der Waals surface area contributed by atoms with E-state index < -0.39 is 0 Å². The third kappa shape index (κ3) is 3.25. The van der Waals surface area contributed by atoms with E-state index in [4.69, 9.17) is 15.1 Å². The van der Waals surface area contributed by atoms with Crippen molar-refractivity contribution in [1.82, 2.24) is 19.5 Å². The van der Waals surface area contributed by atoms with Gasteiger partial charge in [0.05, 0.1) is 22.6 Å². The molecule has 1 aliphatic carbocycles. The zero-order valence-corrected chi connectivity index (χ0v) is 16.4. The fourth-order valence-corrected chi connectivity index (χ4v) is 3.27. The van der Waals surface area contributed by atoms with Crippen molar-refractivity contribution in [2.45, 2.75) is 13.3 Å². The van der Waals surface area contributed by atoms with Crippen LogP contribution in [-0.2, 0) is 0 Å². The number of allylic oxidation sites excluding steroid dienone is 2. The van der Waals surface area contributed by atoms with Crippen LogP contribution in [0.25, 0.3) is 11.1 Å². The molecule has 0 fully saturated rings. The monoisotopic (exact) mass is 376 g/mol. The lowest BCUT2D eigenvalue weighted by atomic mass is 9.92. The van der Waals surface area contributed by atoms with E-state index in [0.717, 1.165) is 35.3 Å². The Labute approximate surface area is 163 Å². The maximum Gasteiger partial charge on any atom is 0.260 e. The molecule has 4 rings (SSSR count). The fraction of sp³-hybridized carbons (Fsp3) is 0.286. The van der Waals surface area contributed by atoms with Crippen LogP contribution < -0.4 is 4.74 Å². The van der Waals surface area contributed by atoms with E-state index in [2.05, 4.69) is 21.9 Å². The summed E-state index contributed by atoms with van der Waals surface area (Å²) < 4.78 is 7.71. The molecule has 3 aromatic heterocycles. The van der Waals surface area contributed by atoms with Gasteiger partial charge in [-0.05, 0) is 50.4 Å². The lowest BCUT2D eigenvalue weighted by Gasteiger charge is -2.15. The van der Waals surface area contributed by atoms with Crippen LogP contribution in [0.5, 0.6) is 5.88 Å². The molecule has 0 spiro atoms. The number of nitrogens with zero attached hydrogens (tertiary/aromatic N) is 4. The highest BCUT2D eigenvalue weighted by Gasteiger charge is 2.23. The van der Waals surface area contributed by atoms with Crippen molar-refractivity contribution in [3.8, 4) is 5.88 Å². The van der Waals surface area contributed by atoms with Gasteiger partial charge in [-0.3, -0.25) is 5.41 Å². The van der Waals surface area contributed by atoms with Crippen LogP contribution >= 0.6 is 0 Å². The van der Waals surface area contributed by atoms with Crippen molar-refractivity contribution in [3.05, 3.63) is 54.0 Å². The number of rotatable bonds is 6. The lowest BCUT2D eigenvalue weighted by Crippen LogP contribution is -2.19. The minimum absolute atomic E-state index is 0.406. The Kier molecular flexibility index (Phi) is 4.83. The van der Waals surface area contributed by atoms with E-state index >= 15 is 0 Å². The van der Waals surface area contributed by atoms with E-state index in [1.807, 2.05) is 56.8 Å². The van der Waals surface area contributed by atoms with Gasteiger partial charge in [0.2, 0.25) is 0 Å². The molecular weight excluding hydrogens is 352 g/mol. The average Bonchev–Trinajstić information content (AvgIpc) is 3.29. The van der Waals surface area contributed by atoms with Crippen LogP contribution in [0.4, 0.5) is 5.69 Å². The largest absolute Gasteiger partial charge is 0.474 e. The number of nitrogens with one attached hydrogen (secondary N) is 2. The minimum Gasteiger partial charge on any atom is -0.474 e. The summed E-state index contributed by atoms with van der Waals surface area (Å²) in [6.45, 7) is 3.41. The van der Waals surface area contributed by atoms with Crippen LogP contribution in [0.1, 0.15) is 24.6 Å². The number of H-pyrrole nitrogens is 1. The first-order valence-corrected chi connectivity index (χ1v) is 9.39. The predicted molar refractivity (Wildman–Crippen MR) is 112 cm³/mol. The first-order chi connectivity index (χ1) is 13.6. The Bertz CT molecular complexity index is 1090. The summed E-state index contributed by atoms with van der Waals surface area (Å²) in [5, 5.41) is 13.2. The van der Waals surface area contributed by atoms with E-state index in [9.17, 15) is 0 Å². The van der Waals surface area contributed by atoms with Crippen LogP contribution in [0.2, 0.25) is 0 Å². The van der Waals surface area contributed by atoms with E-state index in [1.54, 1.807) is 4.52 Å². The zero-order chi connectivity index (χ0) is 19.7. The molecule has 0 aromatic carbocycles. The Morgan fingerprint density at radius 2 is 2.14 bits per heavy atom. The number of fused-ring (bicyclic) bond motifs is 2. The van der Waals surface area contributed by atoms with E-state index in [0.29, 0.717) is 29.6 Å². The van der Waals surface area contributed by atoms with E-state index in [-0.39, 0.29) is 0 Å². The first kappa shape index (κ1) is 18.2. The van der Waals surface area contributed by atoms with Gasteiger partial charge in [-0.1, -0.05) is 13.0 Å². The summed E-state index contributed by atoms with van der Waals surface area (Å²) >= 11 is 0. The van der Waals surface area contributed by atoms with Gasteiger partial charge < -0.3 is 14.6 Å². The van der Waals surface area contributed by atoms with Crippen molar-refractivity contribution < 1.29 is 4.74 Å². The molecule has 0 unspecified atom stereocenters. The van der Waals surface area contributed by atoms with E-state index in [1.165, 1.54) is 0 Å². The highest BCUT2D eigenvalue weighted by molar-refractivity contribution is 6.54. The van der Waals surface area contributed by atoms with Gasteiger partial charge in [-0.2, -0.15) is 0 Å². The van der Waals surface area contributed by atoms with Gasteiger partial charge in [0, 0.05) is 24.5 Å². The Morgan fingerprint density at radius 1 is 1.29 bits per heavy atom. The minimum atomic E-state index is 0.406. The Hall–Kier alpha value is -3.19. The van der Waals surface area contributed by atoms with Crippen LogP contribution in [0.3, 0.4) is 0 Å². The SMILES string of the molecule is CCC1=C/C(=N\c2c(OCCN(C)C)nn3ccccc23)C(=N)c2cc[nH]c21. The van der Waals surface area contributed by atoms with Crippen molar-refractivity contribution in [2.75, 3.05) is 27.2 Å². The summed E-state index contributed by atoms with van der Waals surface area (Å²) in [5.41, 5.74) is 5.57. The van der Waals surface area contributed by atoms with Crippen LogP contribution in [-0.4, -0.2) is 58.2 Å². The third-order valence-corrected chi connectivity index (χ3v) is 4.78. The molecule has 3 aromatic rings. The Balaban J connectivity index is 1.79. The highest BCUT2D eigenvalue weighted by Crippen LogP contribution is 2.34. The van der Waals surface area contributed by atoms with Crippen molar-refractivity contribution in [2.24, 2.45) is 4.99 Å². The summed E-state index contributed by atoms with van der Waals surface area (Å²) in [5.74, 6) is 0.486. The molecule has 0 aliphatic heterocycles. The van der Waals surface area contributed by atoms with Crippen molar-refractivity contribution in [3.63, 3.8) is 0 Å². The molecule has 28 heavy (non-hydrogen) atoms. The molecule has 1 aliphatic rings. The third-order valence-electron chi connectivity index (χ3n) is 4.78. The van der Waals surface area contributed by atoms with Gasteiger partial charge >= 0.3 is 0 Å². The normalized spacial score (nSPS) is 15.4. The van der Waals surface area contributed by atoms with Gasteiger partial charge in [-0.25, -0.2) is 9.51 Å². The molecule has 7 nitrogen and oxygen atoms in total. The van der Waals surface area contributed by atoms with Gasteiger partial charge in [-0.15, -0.1) is 5.10 Å². The number of aliphatic imine (C=N–C) groups is 1. The number of likely N-dealkylation sites (N-methyl/N-ethyl adjacent to an activating group) is 1. The number of aromatic nitrogens is 3. The smallest absolute Gasteiger partial charge is 0.260 e. The van der Waals surface area contributed by atoms with Gasteiger partial charge in [0.15, 0.2) is 5.69 Å². The maximum atomic E-state index is 8.61. The van der Waals surface area contributed by atoms with Crippen LogP contribution in [0.15, 0.2) is 47.7 Å². The maximum absolute atomic E-state index is 8.61. The zero-order valence-electron chi connectivity index (χ0n) is 16.4. The summed E-state index contributed by atoms with van der Waals surface area (Å²) in [6, 6.07) is 7.77. The second-order valence-electron chi connectivity index (χ2n) is 7.00. The molecule has 0 amide bonds. The molecule has 7 heteroatoms. The molecule has 144 valence electrons. The number of aromatic amines is 1. The van der Waals surface area contributed by atoms with Crippen LogP contribution in [0, 0.1) is 5.41 Å². The van der Waals surface area contributed by atoms with Crippen molar-refractivity contribution >= 4 is 28.2 Å². The second kappa shape index (κ2) is 7.44. The summed E-state index contributed by atoms with van der Waals surface area (Å²) in [7, 11) is 4.01. The molecule has 3 heterocycles. The molecule has 2 N–H and O–H groups in total. The number of pyridine rings is 1. The molecule has 0 bridgehead atoms.